The van der Waals surface area contributed by atoms with E-state index in [1.807, 2.05) is 19.1 Å². The molecule has 0 atom stereocenters. The molecule has 0 fully saturated rings. The van der Waals surface area contributed by atoms with E-state index in [1.54, 1.807) is 44.2 Å². The van der Waals surface area contributed by atoms with Crippen LogP contribution in [0.25, 0.3) is 10.2 Å². The van der Waals surface area contributed by atoms with Crippen LogP contribution in [0.5, 0.6) is 17.2 Å². The number of anilines is 1. The fourth-order valence-electron chi connectivity index (χ4n) is 4.19. The first-order chi connectivity index (χ1) is 19.4. The number of hydrogen-bond donors (Lipinski definition) is 1. The molecule has 0 saturated heterocycles. The number of benzene rings is 2. The number of thiophene rings is 1. The van der Waals surface area contributed by atoms with Gasteiger partial charge in [-0.25, -0.2) is 9.78 Å². The summed E-state index contributed by atoms with van der Waals surface area (Å²) in [5.74, 6) is 1.22. The average molecular weight is 582 g/mol. The first kappa shape index (κ1) is 27.5. The van der Waals surface area contributed by atoms with Crippen molar-refractivity contribution in [2.75, 3.05) is 31.1 Å². The van der Waals surface area contributed by atoms with Crippen LogP contribution >= 0.6 is 23.1 Å². The van der Waals surface area contributed by atoms with Gasteiger partial charge in [-0.1, -0.05) is 17.8 Å². The van der Waals surface area contributed by atoms with Gasteiger partial charge in [0.15, 0.2) is 16.7 Å². The molecule has 1 aliphatic rings. The van der Waals surface area contributed by atoms with Gasteiger partial charge in [-0.15, -0.1) is 11.3 Å². The number of carbonyl (C=O) groups excluding carboxylic acids is 2. The molecular weight excluding hydrogens is 554 g/mol. The van der Waals surface area contributed by atoms with Gasteiger partial charge in [-0.05, 0) is 68.3 Å². The Labute approximate surface area is 238 Å². The number of aryl methyl sites for hydroxylation is 1. The number of nitrogens with one attached hydrogen (secondary N) is 1. The Morgan fingerprint density at radius 1 is 1.10 bits per heavy atom. The minimum absolute atomic E-state index is 0.0153. The zero-order valence-corrected chi connectivity index (χ0v) is 23.8. The molecule has 0 spiro atoms. The van der Waals surface area contributed by atoms with Gasteiger partial charge in [0, 0.05) is 5.69 Å². The second-order valence-electron chi connectivity index (χ2n) is 8.72. The molecule has 4 aromatic rings. The van der Waals surface area contributed by atoms with E-state index >= 15 is 0 Å². The summed E-state index contributed by atoms with van der Waals surface area (Å²) >= 11 is 2.26. The second-order valence-corrected chi connectivity index (χ2v) is 10.7. The summed E-state index contributed by atoms with van der Waals surface area (Å²) in [6, 6.07) is 12.5. The Hall–Kier alpha value is -4.03. The molecule has 3 heterocycles. The fraction of sp³-hybridized carbons (Fsp3) is 0.286. The number of ether oxygens (including phenoxy) is 4. The van der Waals surface area contributed by atoms with Crippen molar-refractivity contribution in [2.45, 2.75) is 32.5 Å². The number of esters is 1. The fourth-order valence-corrected chi connectivity index (χ4v) is 6.10. The van der Waals surface area contributed by atoms with Crippen molar-refractivity contribution in [3.8, 4) is 17.2 Å². The van der Waals surface area contributed by atoms with Crippen molar-refractivity contribution in [3.63, 3.8) is 0 Å². The summed E-state index contributed by atoms with van der Waals surface area (Å²) in [5, 5.41) is 3.57. The summed E-state index contributed by atoms with van der Waals surface area (Å²) in [7, 11) is 0. The Bertz CT molecular complexity index is 1630. The molecule has 2 aromatic carbocycles. The molecule has 0 aliphatic carbocycles. The van der Waals surface area contributed by atoms with Crippen LogP contribution in [0.2, 0.25) is 0 Å². The van der Waals surface area contributed by atoms with Crippen LogP contribution in [0.3, 0.4) is 0 Å². The van der Waals surface area contributed by atoms with Gasteiger partial charge in [0.2, 0.25) is 12.7 Å². The van der Waals surface area contributed by atoms with Gasteiger partial charge in [0.05, 0.1) is 30.9 Å². The van der Waals surface area contributed by atoms with Gasteiger partial charge in [-0.3, -0.25) is 14.2 Å². The number of aromatic nitrogens is 2. The van der Waals surface area contributed by atoms with Crippen LogP contribution in [-0.4, -0.2) is 47.2 Å². The summed E-state index contributed by atoms with van der Waals surface area (Å²) in [5.41, 5.74) is 1.65. The molecule has 1 aliphatic heterocycles. The quantitative estimate of drug-likeness (QED) is 0.159. The van der Waals surface area contributed by atoms with E-state index < -0.39 is 5.97 Å². The molecule has 40 heavy (non-hydrogen) atoms. The molecule has 12 heteroatoms. The minimum atomic E-state index is -0.492. The van der Waals surface area contributed by atoms with Crippen LogP contribution in [0, 0.1) is 6.92 Å². The van der Waals surface area contributed by atoms with Crippen molar-refractivity contribution < 1.29 is 28.5 Å². The van der Waals surface area contributed by atoms with Gasteiger partial charge < -0.3 is 24.3 Å². The highest BCUT2D eigenvalue weighted by atomic mass is 32.2. The molecule has 0 bridgehead atoms. The highest BCUT2D eigenvalue weighted by molar-refractivity contribution is 7.99. The Balaban J connectivity index is 1.45. The lowest BCUT2D eigenvalue weighted by Gasteiger charge is -2.13. The molecule has 1 amide bonds. The topological polar surface area (TPSA) is 118 Å². The Morgan fingerprint density at radius 2 is 1.88 bits per heavy atom. The summed E-state index contributed by atoms with van der Waals surface area (Å²) in [6.45, 7) is 6.45. The Morgan fingerprint density at radius 3 is 2.62 bits per heavy atom. The minimum Gasteiger partial charge on any atom is -0.494 e. The molecular formula is C28H27N3O7S2. The van der Waals surface area contributed by atoms with E-state index in [9.17, 15) is 14.4 Å². The van der Waals surface area contributed by atoms with Gasteiger partial charge in [-0.2, -0.15) is 0 Å². The van der Waals surface area contributed by atoms with Gasteiger partial charge in [0.25, 0.3) is 5.56 Å². The highest BCUT2D eigenvalue weighted by Crippen LogP contribution is 2.34. The molecule has 10 nitrogen and oxygen atoms in total. The lowest BCUT2D eigenvalue weighted by molar-refractivity contribution is -0.113. The number of hydrogen-bond acceptors (Lipinski definition) is 10. The van der Waals surface area contributed by atoms with Gasteiger partial charge in [0.1, 0.15) is 15.5 Å². The maximum atomic E-state index is 13.8. The van der Waals surface area contributed by atoms with Crippen molar-refractivity contribution >= 4 is 50.9 Å². The van der Waals surface area contributed by atoms with E-state index in [0.717, 1.165) is 28.7 Å². The van der Waals surface area contributed by atoms with Crippen molar-refractivity contribution in [2.24, 2.45) is 0 Å². The number of rotatable bonds is 10. The lowest BCUT2D eigenvalue weighted by atomic mass is 10.2. The molecule has 2 aromatic heterocycles. The summed E-state index contributed by atoms with van der Waals surface area (Å²) < 4.78 is 23.0. The van der Waals surface area contributed by atoms with Gasteiger partial charge >= 0.3 is 5.97 Å². The number of thioether (sulfide) groups is 1. The zero-order chi connectivity index (χ0) is 28.2. The Kier molecular flexibility index (Phi) is 8.27. The van der Waals surface area contributed by atoms with Crippen molar-refractivity contribution in [1.82, 2.24) is 9.55 Å². The number of nitrogens with zero attached hydrogens (tertiary/aromatic N) is 2. The number of carbonyl (C=O) groups is 2. The largest absolute Gasteiger partial charge is 0.494 e. The summed E-state index contributed by atoms with van der Waals surface area (Å²) in [6.07, 6.45) is 0. The standard InChI is InChI=1S/C28H27N3O7S2/c1-4-35-19-9-7-18(8-10-19)29-22(32)14-39-28-30-25-23(16(3)24(40-25)27(34)36-5-2)26(33)31(28)13-17-6-11-20-21(12-17)38-15-37-20/h6-12H,4-5,13-15H2,1-3H3,(H,29,32). The van der Waals surface area contributed by atoms with Crippen LogP contribution in [0.4, 0.5) is 5.69 Å². The number of amides is 1. The molecule has 0 saturated carbocycles. The third-order valence-corrected chi connectivity index (χ3v) is 8.18. The van der Waals surface area contributed by atoms with E-state index in [1.165, 1.54) is 4.57 Å². The molecule has 0 unspecified atom stereocenters. The zero-order valence-electron chi connectivity index (χ0n) is 22.1. The van der Waals surface area contributed by atoms with E-state index in [0.29, 0.717) is 55.4 Å². The first-order valence-corrected chi connectivity index (χ1v) is 14.4. The summed E-state index contributed by atoms with van der Waals surface area (Å²) in [4.78, 5) is 44.6. The maximum Gasteiger partial charge on any atom is 0.348 e. The second kappa shape index (κ2) is 12.0. The smallest absolute Gasteiger partial charge is 0.348 e. The molecule has 1 N–H and O–H groups in total. The molecule has 208 valence electrons. The monoisotopic (exact) mass is 581 g/mol. The van der Waals surface area contributed by atoms with E-state index in [2.05, 4.69) is 5.32 Å². The van der Waals surface area contributed by atoms with Crippen LogP contribution in [0.15, 0.2) is 52.4 Å². The predicted molar refractivity (Wildman–Crippen MR) is 153 cm³/mol. The van der Waals surface area contributed by atoms with Crippen LogP contribution in [0.1, 0.15) is 34.6 Å². The van der Waals surface area contributed by atoms with E-state index in [4.69, 9.17) is 23.9 Å². The molecule has 5 rings (SSSR count). The normalized spacial score (nSPS) is 12.0. The predicted octanol–water partition coefficient (Wildman–Crippen LogP) is 4.85. The van der Waals surface area contributed by atoms with E-state index in [-0.39, 0.29) is 37.2 Å². The first-order valence-electron chi connectivity index (χ1n) is 12.6. The SMILES string of the molecule is CCOC(=O)c1sc2nc(SCC(=O)Nc3ccc(OCC)cc3)n(Cc3ccc4c(c3)OCO4)c(=O)c2c1C. The highest BCUT2D eigenvalue weighted by Gasteiger charge is 2.23. The number of fused-ring (bicyclic) bond motifs is 2. The molecule has 0 radical (unpaired) electrons. The van der Waals surface area contributed by atoms with Crippen LogP contribution in [-0.2, 0) is 16.1 Å². The van der Waals surface area contributed by atoms with Crippen LogP contribution < -0.4 is 25.1 Å². The lowest BCUT2D eigenvalue weighted by Crippen LogP contribution is -2.25. The van der Waals surface area contributed by atoms with Crippen molar-refractivity contribution in [1.29, 1.82) is 0 Å². The maximum absolute atomic E-state index is 13.8. The third-order valence-electron chi connectivity index (χ3n) is 6.04. The average Bonchev–Trinajstić information content (AvgIpc) is 3.54. The van der Waals surface area contributed by atoms with Crippen molar-refractivity contribution in [3.05, 3.63) is 68.8 Å². The third kappa shape index (κ3) is 5.77.